The molecule has 29 heavy (non-hydrogen) atoms. The fourth-order valence-electron chi connectivity index (χ4n) is 3.03. The van der Waals surface area contributed by atoms with Crippen molar-refractivity contribution < 1.29 is 9.53 Å². The van der Waals surface area contributed by atoms with E-state index in [0.29, 0.717) is 22.7 Å². The van der Waals surface area contributed by atoms with Gasteiger partial charge in [0.2, 0.25) is 0 Å². The Balaban J connectivity index is 1.47. The van der Waals surface area contributed by atoms with E-state index in [4.69, 9.17) is 4.74 Å². The van der Waals surface area contributed by atoms with Gasteiger partial charge in [-0.3, -0.25) is 9.78 Å². The molecule has 4 aromatic rings. The van der Waals surface area contributed by atoms with Gasteiger partial charge in [-0.15, -0.1) is 0 Å². The van der Waals surface area contributed by atoms with Gasteiger partial charge >= 0.3 is 0 Å². The van der Waals surface area contributed by atoms with Crippen LogP contribution in [0, 0.1) is 13.8 Å². The monoisotopic (exact) mass is 384 g/mol. The second-order valence-electron chi connectivity index (χ2n) is 6.66. The van der Waals surface area contributed by atoms with Crippen molar-refractivity contribution in [3.05, 3.63) is 96.1 Å². The second kappa shape index (κ2) is 7.98. The number of aryl methyl sites for hydroxylation is 2. The van der Waals surface area contributed by atoms with E-state index in [0.717, 1.165) is 17.1 Å². The summed E-state index contributed by atoms with van der Waals surface area (Å²) in [6.07, 6.45) is 3.32. The van der Waals surface area contributed by atoms with Crippen molar-refractivity contribution >= 4 is 11.6 Å². The molecule has 0 atom stereocenters. The molecule has 2 aromatic heterocycles. The SMILES string of the molecule is Cc1cc(C)n(-c2cccc(NC(=O)c3ccc(Oc4cccnc4)cc3)c2)n1. The molecule has 6 nitrogen and oxygen atoms in total. The Morgan fingerprint density at radius 1 is 0.966 bits per heavy atom. The number of amides is 1. The molecule has 4 rings (SSSR count). The lowest BCUT2D eigenvalue weighted by molar-refractivity contribution is 0.102. The minimum Gasteiger partial charge on any atom is -0.456 e. The van der Waals surface area contributed by atoms with Gasteiger partial charge in [0, 0.05) is 23.1 Å². The molecule has 0 saturated heterocycles. The number of benzene rings is 2. The van der Waals surface area contributed by atoms with Crippen molar-refractivity contribution in [3.63, 3.8) is 0 Å². The van der Waals surface area contributed by atoms with Crippen LogP contribution >= 0.6 is 0 Å². The van der Waals surface area contributed by atoms with Gasteiger partial charge in [0.1, 0.15) is 11.5 Å². The number of nitrogens with one attached hydrogen (secondary N) is 1. The average Bonchev–Trinajstić information content (AvgIpc) is 3.07. The van der Waals surface area contributed by atoms with E-state index in [1.807, 2.05) is 54.9 Å². The Morgan fingerprint density at radius 3 is 2.48 bits per heavy atom. The first kappa shape index (κ1) is 18.4. The van der Waals surface area contributed by atoms with Crippen LogP contribution in [0.25, 0.3) is 5.69 Å². The van der Waals surface area contributed by atoms with E-state index in [1.54, 1.807) is 42.7 Å². The number of hydrogen-bond acceptors (Lipinski definition) is 4. The van der Waals surface area contributed by atoms with E-state index in [1.165, 1.54) is 0 Å². The average molecular weight is 384 g/mol. The predicted octanol–water partition coefficient (Wildman–Crippen LogP) is 4.93. The molecule has 0 aliphatic heterocycles. The molecule has 0 saturated carbocycles. The van der Waals surface area contributed by atoms with Gasteiger partial charge in [-0.2, -0.15) is 5.10 Å². The summed E-state index contributed by atoms with van der Waals surface area (Å²) in [5, 5.41) is 7.42. The van der Waals surface area contributed by atoms with E-state index in [-0.39, 0.29) is 5.91 Å². The molecule has 0 radical (unpaired) electrons. The Hall–Kier alpha value is -3.93. The van der Waals surface area contributed by atoms with Crippen LogP contribution in [0.2, 0.25) is 0 Å². The Kier molecular flexibility index (Phi) is 5.07. The lowest BCUT2D eigenvalue weighted by Gasteiger charge is -2.10. The first-order valence-electron chi connectivity index (χ1n) is 9.21. The van der Waals surface area contributed by atoms with Gasteiger partial charge < -0.3 is 10.1 Å². The van der Waals surface area contributed by atoms with Crippen LogP contribution in [0.15, 0.2) is 79.1 Å². The highest BCUT2D eigenvalue weighted by atomic mass is 16.5. The maximum Gasteiger partial charge on any atom is 0.255 e. The Labute approximate surface area is 168 Å². The van der Waals surface area contributed by atoms with Gasteiger partial charge in [-0.25, -0.2) is 4.68 Å². The van der Waals surface area contributed by atoms with Gasteiger partial charge in [0.25, 0.3) is 5.91 Å². The van der Waals surface area contributed by atoms with E-state index in [2.05, 4.69) is 15.4 Å². The van der Waals surface area contributed by atoms with Gasteiger partial charge in [-0.1, -0.05) is 6.07 Å². The van der Waals surface area contributed by atoms with Crippen molar-refractivity contribution in [1.29, 1.82) is 0 Å². The number of pyridine rings is 1. The second-order valence-corrected chi connectivity index (χ2v) is 6.66. The van der Waals surface area contributed by atoms with Crippen LogP contribution in [0.4, 0.5) is 5.69 Å². The minimum atomic E-state index is -0.191. The standard InChI is InChI=1S/C23H20N4O2/c1-16-13-17(2)27(26-16)20-6-3-5-19(14-20)25-23(28)18-8-10-21(11-9-18)29-22-7-4-12-24-15-22/h3-15H,1-2H3,(H,25,28). The molecule has 0 unspecified atom stereocenters. The number of anilines is 1. The third-order valence-corrected chi connectivity index (χ3v) is 4.34. The van der Waals surface area contributed by atoms with Crippen LogP contribution in [0.1, 0.15) is 21.7 Å². The molecule has 2 heterocycles. The fourth-order valence-corrected chi connectivity index (χ4v) is 3.03. The summed E-state index contributed by atoms with van der Waals surface area (Å²) < 4.78 is 7.56. The summed E-state index contributed by atoms with van der Waals surface area (Å²) >= 11 is 0. The summed E-state index contributed by atoms with van der Waals surface area (Å²) in [6, 6.07) is 20.2. The Bertz CT molecular complexity index is 1140. The number of hydrogen-bond donors (Lipinski definition) is 1. The van der Waals surface area contributed by atoms with Crippen molar-refractivity contribution in [3.8, 4) is 17.2 Å². The van der Waals surface area contributed by atoms with Crippen LogP contribution < -0.4 is 10.1 Å². The molecule has 0 fully saturated rings. The lowest BCUT2D eigenvalue weighted by atomic mass is 10.2. The summed E-state index contributed by atoms with van der Waals surface area (Å²) in [7, 11) is 0. The largest absolute Gasteiger partial charge is 0.456 e. The quantitative estimate of drug-likeness (QED) is 0.530. The number of ether oxygens (including phenoxy) is 1. The summed E-state index contributed by atoms with van der Waals surface area (Å²) in [5.41, 5.74) is 4.13. The van der Waals surface area contributed by atoms with Crippen LogP contribution in [0.3, 0.4) is 0 Å². The van der Waals surface area contributed by atoms with Crippen LogP contribution in [0.5, 0.6) is 11.5 Å². The molecule has 1 amide bonds. The fraction of sp³-hybridized carbons (Fsp3) is 0.0870. The van der Waals surface area contributed by atoms with Gasteiger partial charge in [0.15, 0.2) is 0 Å². The number of nitrogens with zero attached hydrogens (tertiary/aromatic N) is 3. The van der Waals surface area contributed by atoms with Crippen LogP contribution in [-0.4, -0.2) is 20.7 Å². The smallest absolute Gasteiger partial charge is 0.255 e. The Morgan fingerprint density at radius 2 is 1.79 bits per heavy atom. The predicted molar refractivity (Wildman–Crippen MR) is 112 cm³/mol. The zero-order valence-electron chi connectivity index (χ0n) is 16.2. The number of aromatic nitrogens is 3. The topological polar surface area (TPSA) is 69.0 Å². The molecule has 0 bridgehead atoms. The molecule has 144 valence electrons. The molecular weight excluding hydrogens is 364 g/mol. The third-order valence-electron chi connectivity index (χ3n) is 4.34. The first-order valence-corrected chi connectivity index (χ1v) is 9.21. The normalized spacial score (nSPS) is 10.6. The van der Waals surface area contributed by atoms with Crippen molar-refractivity contribution in [2.24, 2.45) is 0 Å². The zero-order chi connectivity index (χ0) is 20.2. The highest BCUT2D eigenvalue weighted by Gasteiger charge is 2.09. The number of rotatable bonds is 5. The summed E-state index contributed by atoms with van der Waals surface area (Å²) in [6.45, 7) is 3.96. The molecule has 2 aromatic carbocycles. The summed E-state index contributed by atoms with van der Waals surface area (Å²) in [4.78, 5) is 16.6. The van der Waals surface area contributed by atoms with Gasteiger partial charge in [0.05, 0.1) is 17.6 Å². The molecule has 0 aliphatic carbocycles. The van der Waals surface area contributed by atoms with Gasteiger partial charge in [-0.05, 0) is 74.5 Å². The minimum absolute atomic E-state index is 0.191. The van der Waals surface area contributed by atoms with E-state index >= 15 is 0 Å². The highest BCUT2D eigenvalue weighted by Crippen LogP contribution is 2.21. The van der Waals surface area contributed by atoms with Crippen molar-refractivity contribution in [1.82, 2.24) is 14.8 Å². The molecule has 6 heteroatoms. The number of carbonyl (C=O) groups is 1. The molecule has 0 aliphatic rings. The molecule has 1 N–H and O–H groups in total. The molecular formula is C23H20N4O2. The number of carbonyl (C=O) groups excluding carboxylic acids is 1. The maximum atomic E-state index is 12.6. The van der Waals surface area contributed by atoms with E-state index in [9.17, 15) is 4.79 Å². The zero-order valence-corrected chi connectivity index (χ0v) is 16.2. The maximum absolute atomic E-state index is 12.6. The van der Waals surface area contributed by atoms with Crippen molar-refractivity contribution in [2.75, 3.05) is 5.32 Å². The lowest BCUT2D eigenvalue weighted by Crippen LogP contribution is -2.12. The molecule has 0 spiro atoms. The van der Waals surface area contributed by atoms with Crippen LogP contribution in [-0.2, 0) is 0 Å². The highest BCUT2D eigenvalue weighted by molar-refractivity contribution is 6.04. The van der Waals surface area contributed by atoms with Crippen molar-refractivity contribution in [2.45, 2.75) is 13.8 Å². The third kappa shape index (κ3) is 4.32. The summed E-state index contributed by atoms with van der Waals surface area (Å²) in [5.74, 6) is 1.09. The van der Waals surface area contributed by atoms with E-state index < -0.39 is 0 Å². The first-order chi connectivity index (χ1) is 14.1.